The number of nitrogens with two attached hydrogens (primary N) is 1. The minimum Gasteiger partial charge on any atom is -0.455 e. The van der Waals surface area contributed by atoms with E-state index in [4.69, 9.17) is 10.5 Å². The number of benzene rings is 1. The van der Waals surface area contributed by atoms with Crippen LogP contribution in [0.4, 0.5) is 0 Å². The van der Waals surface area contributed by atoms with Gasteiger partial charge in [-0.25, -0.2) is 0 Å². The van der Waals surface area contributed by atoms with Crippen LogP contribution >= 0.6 is 0 Å². The minimum absolute atomic E-state index is 0.450. The van der Waals surface area contributed by atoms with Gasteiger partial charge in [-0.2, -0.15) is 0 Å². The van der Waals surface area contributed by atoms with E-state index in [0.29, 0.717) is 6.54 Å². The molecule has 0 aliphatic heterocycles. The summed E-state index contributed by atoms with van der Waals surface area (Å²) in [5.74, 6) is 1.55. The van der Waals surface area contributed by atoms with Crippen molar-refractivity contribution in [2.75, 3.05) is 0 Å². The van der Waals surface area contributed by atoms with Gasteiger partial charge < -0.3 is 10.5 Å². The van der Waals surface area contributed by atoms with Gasteiger partial charge in [0, 0.05) is 18.3 Å². The van der Waals surface area contributed by atoms with Crippen molar-refractivity contribution >= 4 is 0 Å². The largest absolute Gasteiger partial charge is 0.455 e. The predicted molar refractivity (Wildman–Crippen MR) is 68.0 cm³/mol. The Kier molecular flexibility index (Phi) is 3.73. The Bertz CT molecular complexity index is 497. The summed E-state index contributed by atoms with van der Waals surface area (Å²) >= 11 is 0. The van der Waals surface area contributed by atoms with Crippen molar-refractivity contribution in [3.8, 4) is 11.5 Å². The fourth-order valence-electron chi connectivity index (χ4n) is 1.63. The van der Waals surface area contributed by atoms with Crippen LogP contribution in [0.3, 0.4) is 0 Å². The Morgan fingerprint density at radius 3 is 2.94 bits per heavy atom. The molecule has 1 aromatic carbocycles. The number of aryl methyl sites for hydroxylation is 1. The standard InChI is InChI=1S/C14H16N2O/c1-2-11-4-3-5-13(8-11)17-14-10-16-7-6-12(14)9-15/h3-8,10H,2,9,15H2,1H3. The zero-order chi connectivity index (χ0) is 12.1. The van der Waals surface area contributed by atoms with Crippen LogP contribution in [-0.4, -0.2) is 4.98 Å². The number of hydrogen-bond acceptors (Lipinski definition) is 3. The van der Waals surface area contributed by atoms with E-state index in [1.807, 2.05) is 24.3 Å². The molecule has 2 N–H and O–H groups in total. The molecule has 2 aromatic rings. The van der Waals surface area contributed by atoms with Crippen molar-refractivity contribution in [2.24, 2.45) is 5.73 Å². The average molecular weight is 228 g/mol. The zero-order valence-corrected chi connectivity index (χ0v) is 9.89. The van der Waals surface area contributed by atoms with Crippen molar-refractivity contribution in [1.82, 2.24) is 4.98 Å². The monoisotopic (exact) mass is 228 g/mol. The summed E-state index contributed by atoms with van der Waals surface area (Å²) in [6.45, 7) is 2.57. The highest BCUT2D eigenvalue weighted by Crippen LogP contribution is 2.24. The van der Waals surface area contributed by atoms with Crippen LogP contribution in [0.5, 0.6) is 11.5 Å². The topological polar surface area (TPSA) is 48.1 Å². The second-order valence-electron chi connectivity index (χ2n) is 3.79. The third kappa shape index (κ3) is 2.82. The van der Waals surface area contributed by atoms with E-state index in [1.54, 1.807) is 12.4 Å². The number of hydrogen-bond donors (Lipinski definition) is 1. The normalized spacial score (nSPS) is 10.2. The van der Waals surface area contributed by atoms with Crippen LogP contribution in [0.15, 0.2) is 42.7 Å². The summed E-state index contributed by atoms with van der Waals surface area (Å²) in [4.78, 5) is 4.05. The van der Waals surface area contributed by atoms with Crippen molar-refractivity contribution in [1.29, 1.82) is 0 Å². The lowest BCUT2D eigenvalue weighted by atomic mass is 10.1. The molecule has 0 aliphatic carbocycles. The van der Waals surface area contributed by atoms with Crippen LogP contribution in [0.25, 0.3) is 0 Å². The number of pyridine rings is 1. The maximum absolute atomic E-state index is 5.80. The van der Waals surface area contributed by atoms with Crippen LogP contribution < -0.4 is 10.5 Å². The van der Waals surface area contributed by atoms with E-state index < -0.39 is 0 Å². The first-order valence-corrected chi connectivity index (χ1v) is 5.73. The Labute approximate surface area is 101 Å². The molecule has 0 unspecified atom stereocenters. The van der Waals surface area contributed by atoms with Crippen molar-refractivity contribution in [3.63, 3.8) is 0 Å². The molecular formula is C14H16N2O. The summed E-state index contributed by atoms with van der Waals surface area (Å²) in [5.41, 5.74) is 7.86. The lowest BCUT2D eigenvalue weighted by Gasteiger charge is -2.09. The number of ether oxygens (including phenoxy) is 1. The smallest absolute Gasteiger partial charge is 0.150 e. The van der Waals surface area contributed by atoms with Crippen molar-refractivity contribution in [2.45, 2.75) is 19.9 Å². The maximum atomic E-state index is 5.80. The van der Waals surface area contributed by atoms with Gasteiger partial charge in [0.15, 0.2) is 0 Å². The minimum atomic E-state index is 0.450. The lowest BCUT2D eigenvalue weighted by molar-refractivity contribution is 0.473. The second kappa shape index (κ2) is 5.46. The molecular weight excluding hydrogens is 212 g/mol. The first-order valence-electron chi connectivity index (χ1n) is 5.73. The Morgan fingerprint density at radius 2 is 2.18 bits per heavy atom. The SMILES string of the molecule is CCc1cccc(Oc2cnccc2CN)c1. The quantitative estimate of drug-likeness (QED) is 0.875. The van der Waals surface area contributed by atoms with Crippen molar-refractivity contribution in [3.05, 3.63) is 53.9 Å². The molecule has 0 saturated carbocycles. The van der Waals surface area contributed by atoms with Gasteiger partial charge in [0.25, 0.3) is 0 Å². The highest BCUT2D eigenvalue weighted by molar-refractivity contribution is 5.37. The lowest BCUT2D eigenvalue weighted by Crippen LogP contribution is -1.99. The van der Waals surface area contributed by atoms with Crippen LogP contribution in [0, 0.1) is 0 Å². The van der Waals surface area contributed by atoms with Crippen LogP contribution in [0.2, 0.25) is 0 Å². The third-order valence-electron chi connectivity index (χ3n) is 2.62. The molecule has 0 spiro atoms. The van der Waals surface area contributed by atoms with Gasteiger partial charge in [-0.15, -0.1) is 0 Å². The van der Waals surface area contributed by atoms with Gasteiger partial charge in [0.05, 0.1) is 6.20 Å². The zero-order valence-electron chi connectivity index (χ0n) is 9.89. The third-order valence-corrected chi connectivity index (χ3v) is 2.62. The molecule has 3 heteroatoms. The molecule has 0 bridgehead atoms. The Morgan fingerprint density at radius 1 is 1.29 bits per heavy atom. The van der Waals surface area contributed by atoms with Gasteiger partial charge in [-0.3, -0.25) is 4.98 Å². The molecule has 1 aromatic heterocycles. The molecule has 0 amide bonds. The molecule has 17 heavy (non-hydrogen) atoms. The molecule has 88 valence electrons. The summed E-state index contributed by atoms with van der Waals surface area (Å²) in [7, 11) is 0. The summed E-state index contributed by atoms with van der Waals surface area (Å²) in [6.07, 6.45) is 4.41. The van der Waals surface area contributed by atoms with E-state index in [0.717, 1.165) is 23.5 Å². The number of aromatic nitrogens is 1. The average Bonchev–Trinajstić information content (AvgIpc) is 2.39. The van der Waals surface area contributed by atoms with E-state index >= 15 is 0 Å². The first kappa shape index (κ1) is 11.6. The van der Waals surface area contributed by atoms with Gasteiger partial charge in [0.1, 0.15) is 11.5 Å². The van der Waals surface area contributed by atoms with Gasteiger partial charge >= 0.3 is 0 Å². The van der Waals surface area contributed by atoms with E-state index in [-0.39, 0.29) is 0 Å². The Hall–Kier alpha value is -1.87. The Balaban J connectivity index is 2.24. The van der Waals surface area contributed by atoms with E-state index in [2.05, 4.69) is 18.0 Å². The molecule has 0 saturated heterocycles. The van der Waals surface area contributed by atoms with Gasteiger partial charge in [-0.1, -0.05) is 19.1 Å². The molecule has 0 radical (unpaired) electrons. The number of nitrogens with zero attached hydrogens (tertiary/aromatic N) is 1. The highest BCUT2D eigenvalue weighted by Gasteiger charge is 2.03. The van der Waals surface area contributed by atoms with Gasteiger partial charge in [-0.05, 0) is 30.2 Å². The fourth-order valence-corrected chi connectivity index (χ4v) is 1.63. The fraction of sp³-hybridized carbons (Fsp3) is 0.214. The molecule has 1 heterocycles. The van der Waals surface area contributed by atoms with E-state index in [1.165, 1.54) is 5.56 Å². The van der Waals surface area contributed by atoms with Gasteiger partial charge in [0.2, 0.25) is 0 Å². The molecule has 0 fully saturated rings. The van der Waals surface area contributed by atoms with E-state index in [9.17, 15) is 0 Å². The molecule has 3 nitrogen and oxygen atoms in total. The highest BCUT2D eigenvalue weighted by atomic mass is 16.5. The first-order chi connectivity index (χ1) is 8.33. The van der Waals surface area contributed by atoms with Crippen molar-refractivity contribution < 1.29 is 4.74 Å². The molecule has 0 atom stereocenters. The molecule has 2 rings (SSSR count). The van der Waals surface area contributed by atoms with Crippen LogP contribution in [-0.2, 0) is 13.0 Å². The summed E-state index contributed by atoms with van der Waals surface area (Å²) in [5, 5.41) is 0. The second-order valence-corrected chi connectivity index (χ2v) is 3.79. The predicted octanol–water partition coefficient (Wildman–Crippen LogP) is 2.89. The number of rotatable bonds is 4. The molecule has 0 aliphatic rings. The summed E-state index contributed by atoms with van der Waals surface area (Å²) in [6, 6.07) is 9.92. The maximum Gasteiger partial charge on any atom is 0.150 e. The van der Waals surface area contributed by atoms with Crippen LogP contribution in [0.1, 0.15) is 18.1 Å². The summed E-state index contributed by atoms with van der Waals surface area (Å²) < 4.78 is 5.80.